The normalized spacial score (nSPS) is 14.3. The highest BCUT2D eigenvalue weighted by molar-refractivity contribution is 7.91. The van der Waals surface area contributed by atoms with Crippen LogP contribution in [0.4, 0.5) is 5.88 Å². The molecule has 5 rings (SSSR count). The van der Waals surface area contributed by atoms with Crippen LogP contribution in [-0.2, 0) is 9.84 Å². The standard InChI is InChI=1S/C25H22ClN3O5S/c1-17-7-9-20(10-8-17)35(31,32)23-25(34-22(27-23)21-6-3-15-33-21)29-13-11-28(12-14-29)24(30)18-4-2-5-19(26)16-18/h2-10,15-16H,11-14H2,1H3. The van der Waals surface area contributed by atoms with E-state index in [1.54, 1.807) is 70.5 Å². The predicted molar refractivity (Wildman–Crippen MR) is 130 cm³/mol. The Bertz CT molecular complexity index is 1460. The summed E-state index contributed by atoms with van der Waals surface area (Å²) in [5.41, 5.74) is 1.45. The van der Waals surface area contributed by atoms with E-state index in [9.17, 15) is 13.2 Å². The van der Waals surface area contributed by atoms with Gasteiger partial charge in [0.2, 0.25) is 20.7 Å². The van der Waals surface area contributed by atoms with E-state index in [4.69, 9.17) is 20.4 Å². The van der Waals surface area contributed by atoms with E-state index < -0.39 is 9.84 Å². The van der Waals surface area contributed by atoms with Gasteiger partial charge in [-0.1, -0.05) is 35.4 Å². The molecule has 1 aliphatic heterocycles. The quantitative estimate of drug-likeness (QED) is 0.383. The van der Waals surface area contributed by atoms with Crippen molar-refractivity contribution in [3.05, 3.63) is 83.1 Å². The van der Waals surface area contributed by atoms with Crippen LogP contribution >= 0.6 is 11.6 Å². The first-order chi connectivity index (χ1) is 16.8. The summed E-state index contributed by atoms with van der Waals surface area (Å²) >= 11 is 6.03. The van der Waals surface area contributed by atoms with Gasteiger partial charge in [-0.2, -0.15) is 4.98 Å². The summed E-state index contributed by atoms with van der Waals surface area (Å²) in [6, 6.07) is 16.7. The van der Waals surface area contributed by atoms with Crippen molar-refractivity contribution in [3.63, 3.8) is 0 Å². The number of aryl methyl sites for hydroxylation is 1. The molecule has 0 unspecified atom stereocenters. The number of piperazine rings is 1. The number of hydrogen-bond donors (Lipinski definition) is 0. The number of hydrogen-bond acceptors (Lipinski definition) is 7. The van der Waals surface area contributed by atoms with Crippen LogP contribution < -0.4 is 4.90 Å². The maximum atomic E-state index is 13.5. The molecule has 10 heteroatoms. The first-order valence-corrected chi connectivity index (χ1v) is 12.9. The van der Waals surface area contributed by atoms with Crippen LogP contribution in [0.2, 0.25) is 5.02 Å². The molecule has 1 fully saturated rings. The minimum atomic E-state index is -3.97. The number of furan rings is 1. The van der Waals surface area contributed by atoms with Crippen LogP contribution in [0.25, 0.3) is 11.7 Å². The second-order valence-corrected chi connectivity index (χ2v) is 10.5. The predicted octanol–water partition coefficient (Wildman–Crippen LogP) is 4.69. The van der Waals surface area contributed by atoms with Gasteiger partial charge in [-0.05, 0) is 49.4 Å². The van der Waals surface area contributed by atoms with Gasteiger partial charge in [0.1, 0.15) is 0 Å². The van der Waals surface area contributed by atoms with Crippen LogP contribution in [0.1, 0.15) is 15.9 Å². The third-order valence-electron chi connectivity index (χ3n) is 5.82. The molecule has 3 heterocycles. The molecule has 35 heavy (non-hydrogen) atoms. The lowest BCUT2D eigenvalue weighted by molar-refractivity contribution is 0.0745. The van der Waals surface area contributed by atoms with E-state index in [2.05, 4.69) is 4.98 Å². The summed E-state index contributed by atoms with van der Waals surface area (Å²) in [6.45, 7) is 3.39. The highest BCUT2D eigenvalue weighted by atomic mass is 35.5. The molecule has 1 amide bonds. The summed E-state index contributed by atoms with van der Waals surface area (Å²) in [7, 11) is -3.97. The lowest BCUT2D eigenvalue weighted by atomic mass is 10.2. The maximum absolute atomic E-state index is 13.5. The van der Waals surface area contributed by atoms with E-state index >= 15 is 0 Å². The molecule has 8 nitrogen and oxygen atoms in total. The lowest BCUT2D eigenvalue weighted by Gasteiger charge is -2.34. The topological polar surface area (TPSA) is 96.9 Å². The molecule has 2 aromatic carbocycles. The molecule has 0 radical (unpaired) electrons. The number of nitrogens with zero attached hydrogens (tertiary/aromatic N) is 3. The summed E-state index contributed by atoms with van der Waals surface area (Å²) in [4.78, 5) is 20.8. The molecule has 2 aromatic heterocycles. The van der Waals surface area contributed by atoms with Crippen LogP contribution in [0, 0.1) is 6.92 Å². The first kappa shape index (κ1) is 23.2. The first-order valence-electron chi connectivity index (χ1n) is 11.0. The number of oxazole rings is 1. The Morgan fingerprint density at radius 3 is 2.40 bits per heavy atom. The largest absolute Gasteiger partial charge is 0.459 e. The average Bonchev–Trinajstić information content (AvgIpc) is 3.55. The second kappa shape index (κ2) is 9.24. The fraction of sp³-hybridized carbons (Fsp3) is 0.200. The molecular formula is C25H22ClN3O5S. The van der Waals surface area contributed by atoms with Gasteiger partial charge in [0.25, 0.3) is 11.8 Å². The molecule has 1 aliphatic rings. The van der Waals surface area contributed by atoms with Crippen LogP contribution in [-0.4, -0.2) is 50.4 Å². The number of halogens is 1. The number of rotatable bonds is 5. The van der Waals surface area contributed by atoms with Gasteiger partial charge in [0.05, 0.1) is 11.2 Å². The van der Waals surface area contributed by atoms with Crippen molar-refractivity contribution in [2.45, 2.75) is 16.8 Å². The molecule has 0 bridgehead atoms. The van der Waals surface area contributed by atoms with Crippen molar-refractivity contribution in [2.24, 2.45) is 0 Å². The Balaban J connectivity index is 1.44. The van der Waals surface area contributed by atoms with Gasteiger partial charge >= 0.3 is 0 Å². The minimum absolute atomic E-state index is 0.0770. The Morgan fingerprint density at radius 1 is 1.00 bits per heavy atom. The molecule has 0 spiro atoms. The lowest BCUT2D eigenvalue weighted by Crippen LogP contribution is -2.49. The van der Waals surface area contributed by atoms with Crippen molar-refractivity contribution >= 4 is 33.2 Å². The Kier molecular flexibility index (Phi) is 6.12. The van der Waals surface area contributed by atoms with Gasteiger partial charge in [0, 0.05) is 36.8 Å². The van der Waals surface area contributed by atoms with Crippen molar-refractivity contribution < 1.29 is 22.0 Å². The van der Waals surface area contributed by atoms with Crippen LogP contribution in [0.5, 0.6) is 0 Å². The Labute approximate surface area is 207 Å². The third kappa shape index (κ3) is 4.56. The zero-order valence-corrected chi connectivity index (χ0v) is 20.4. The minimum Gasteiger partial charge on any atom is -0.459 e. The van der Waals surface area contributed by atoms with E-state index in [1.165, 1.54) is 6.26 Å². The summed E-state index contributed by atoms with van der Waals surface area (Å²) in [5, 5.41) is 0.315. The number of carbonyl (C=O) groups excluding carboxylic acids is 1. The van der Waals surface area contributed by atoms with Crippen LogP contribution in [0.15, 0.2) is 85.7 Å². The summed E-state index contributed by atoms with van der Waals surface area (Å²) in [6.07, 6.45) is 1.47. The molecule has 0 aliphatic carbocycles. The zero-order chi connectivity index (χ0) is 24.6. The second-order valence-electron chi connectivity index (χ2n) is 8.21. The molecular weight excluding hydrogens is 490 g/mol. The van der Waals surface area contributed by atoms with Crippen molar-refractivity contribution in [1.29, 1.82) is 0 Å². The average molecular weight is 512 g/mol. The van der Waals surface area contributed by atoms with E-state index in [0.717, 1.165) is 5.56 Å². The molecule has 0 saturated carbocycles. The molecule has 0 atom stereocenters. The number of aromatic nitrogens is 1. The van der Waals surface area contributed by atoms with E-state index in [1.807, 2.05) is 6.92 Å². The fourth-order valence-corrected chi connectivity index (χ4v) is 5.44. The van der Waals surface area contributed by atoms with E-state index in [-0.39, 0.29) is 27.6 Å². The Morgan fingerprint density at radius 2 is 1.74 bits per heavy atom. The van der Waals surface area contributed by atoms with Crippen molar-refractivity contribution in [1.82, 2.24) is 9.88 Å². The van der Waals surface area contributed by atoms with E-state index in [0.29, 0.717) is 42.5 Å². The zero-order valence-electron chi connectivity index (χ0n) is 18.8. The van der Waals surface area contributed by atoms with Gasteiger partial charge in [-0.3, -0.25) is 4.79 Å². The number of sulfone groups is 1. The number of carbonyl (C=O) groups is 1. The molecule has 180 valence electrons. The number of amides is 1. The third-order valence-corrected chi connectivity index (χ3v) is 7.73. The number of anilines is 1. The van der Waals surface area contributed by atoms with Crippen LogP contribution in [0.3, 0.4) is 0 Å². The molecule has 0 N–H and O–H groups in total. The van der Waals surface area contributed by atoms with Gasteiger partial charge in [0.15, 0.2) is 5.76 Å². The van der Waals surface area contributed by atoms with Crippen molar-refractivity contribution in [2.75, 3.05) is 31.1 Å². The highest BCUT2D eigenvalue weighted by Crippen LogP contribution is 2.35. The molecule has 1 saturated heterocycles. The molecule has 4 aromatic rings. The van der Waals surface area contributed by atoms with Gasteiger partial charge < -0.3 is 18.6 Å². The van der Waals surface area contributed by atoms with Crippen molar-refractivity contribution in [3.8, 4) is 11.7 Å². The monoisotopic (exact) mass is 511 g/mol. The smallest absolute Gasteiger partial charge is 0.266 e. The van der Waals surface area contributed by atoms with Gasteiger partial charge in [-0.25, -0.2) is 8.42 Å². The summed E-state index contributed by atoms with van der Waals surface area (Å²) < 4.78 is 38.4. The number of benzene rings is 2. The van der Waals surface area contributed by atoms with Gasteiger partial charge in [-0.15, -0.1) is 0 Å². The SMILES string of the molecule is Cc1ccc(S(=O)(=O)c2nc(-c3ccco3)oc2N2CCN(C(=O)c3cccc(Cl)c3)CC2)cc1. The maximum Gasteiger partial charge on any atom is 0.266 e. The fourth-order valence-electron chi connectivity index (χ4n) is 3.92. The Hall–Kier alpha value is -3.56. The summed E-state index contributed by atoms with van der Waals surface area (Å²) in [5.74, 6) is 0.403. The highest BCUT2D eigenvalue weighted by Gasteiger charge is 2.34.